The second-order valence-electron chi connectivity index (χ2n) is 5.28. The summed E-state index contributed by atoms with van der Waals surface area (Å²) < 4.78 is 19.9. The van der Waals surface area contributed by atoms with Crippen molar-refractivity contribution in [1.82, 2.24) is 0 Å². The lowest BCUT2D eigenvalue weighted by Crippen LogP contribution is -2.39. The number of hydrogen-bond acceptors (Lipinski definition) is 9. The Balaban J connectivity index is 2.67. The molecule has 0 radical (unpaired) electrons. The van der Waals surface area contributed by atoms with E-state index in [0.717, 1.165) is 0 Å². The van der Waals surface area contributed by atoms with E-state index in [2.05, 4.69) is 0 Å². The van der Waals surface area contributed by atoms with E-state index in [1.54, 1.807) is 6.92 Å². The SMILES string of the molecule is COC(=O)C1=C(C(=O)OC)N(c2cc(OC)c([N+](=O)[O-])cc2C)COC1. The average molecular weight is 366 g/mol. The zero-order valence-corrected chi connectivity index (χ0v) is 14.7. The van der Waals surface area contributed by atoms with Gasteiger partial charge in [0.1, 0.15) is 12.4 Å². The van der Waals surface area contributed by atoms with E-state index >= 15 is 0 Å². The van der Waals surface area contributed by atoms with Crippen LogP contribution < -0.4 is 9.64 Å². The molecule has 0 fully saturated rings. The van der Waals surface area contributed by atoms with Gasteiger partial charge < -0.3 is 23.8 Å². The number of anilines is 1. The molecular formula is C16H18N2O8. The fraction of sp³-hybridized carbons (Fsp3) is 0.375. The van der Waals surface area contributed by atoms with Crippen LogP contribution in [0.2, 0.25) is 0 Å². The lowest BCUT2D eigenvalue weighted by molar-refractivity contribution is -0.385. The molecule has 0 aromatic heterocycles. The number of benzene rings is 1. The Hall–Kier alpha value is -3.14. The Bertz CT molecular complexity index is 787. The summed E-state index contributed by atoms with van der Waals surface area (Å²) in [5, 5.41) is 11.2. The van der Waals surface area contributed by atoms with Crippen LogP contribution in [-0.2, 0) is 23.8 Å². The normalized spacial score (nSPS) is 14.1. The van der Waals surface area contributed by atoms with Crippen LogP contribution >= 0.6 is 0 Å². The predicted molar refractivity (Wildman–Crippen MR) is 88.7 cm³/mol. The van der Waals surface area contributed by atoms with Gasteiger partial charge >= 0.3 is 17.6 Å². The number of nitro groups is 1. The number of aryl methyl sites for hydroxylation is 1. The number of rotatable bonds is 5. The molecular weight excluding hydrogens is 348 g/mol. The molecule has 0 N–H and O–H groups in total. The molecule has 26 heavy (non-hydrogen) atoms. The van der Waals surface area contributed by atoms with Crippen molar-refractivity contribution in [3.63, 3.8) is 0 Å². The molecule has 1 heterocycles. The Morgan fingerprint density at radius 2 is 1.85 bits per heavy atom. The molecule has 0 aliphatic carbocycles. The number of hydrogen-bond donors (Lipinski definition) is 0. The molecule has 0 amide bonds. The molecule has 0 saturated heterocycles. The highest BCUT2D eigenvalue weighted by Crippen LogP contribution is 2.37. The van der Waals surface area contributed by atoms with Crippen molar-refractivity contribution in [3.05, 3.63) is 39.1 Å². The van der Waals surface area contributed by atoms with Crippen molar-refractivity contribution in [2.24, 2.45) is 0 Å². The van der Waals surface area contributed by atoms with Gasteiger partial charge in [0.2, 0.25) is 0 Å². The summed E-state index contributed by atoms with van der Waals surface area (Å²) in [5.74, 6) is -1.49. The first-order valence-electron chi connectivity index (χ1n) is 7.43. The van der Waals surface area contributed by atoms with Crippen LogP contribution in [0.1, 0.15) is 5.56 Å². The van der Waals surface area contributed by atoms with Crippen molar-refractivity contribution >= 4 is 23.3 Å². The van der Waals surface area contributed by atoms with E-state index in [9.17, 15) is 19.7 Å². The highest BCUT2D eigenvalue weighted by molar-refractivity contribution is 6.03. The van der Waals surface area contributed by atoms with Crippen LogP contribution in [-0.4, -0.2) is 51.5 Å². The Labute approximate surface area is 149 Å². The van der Waals surface area contributed by atoms with E-state index in [1.807, 2.05) is 0 Å². The molecule has 0 atom stereocenters. The van der Waals surface area contributed by atoms with Crippen LogP contribution in [0.15, 0.2) is 23.4 Å². The summed E-state index contributed by atoms with van der Waals surface area (Å²) in [6.45, 7) is 1.44. The third-order valence-corrected chi connectivity index (χ3v) is 3.82. The maximum absolute atomic E-state index is 12.3. The second-order valence-corrected chi connectivity index (χ2v) is 5.28. The number of methoxy groups -OCH3 is 3. The maximum atomic E-state index is 12.3. The van der Waals surface area contributed by atoms with Gasteiger partial charge in [-0.15, -0.1) is 0 Å². The summed E-state index contributed by atoms with van der Waals surface area (Å²) in [7, 11) is 3.66. The fourth-order valence-corrected chi connectivity index (χ4v) is 2.59. The zero-order chi connectivity index (χ0) is 19.4. The molecule has 0 saturated carbocycles. The molecule has 1 aromatic carbocycles. The van der Waals surface area contributed by atoms with Gasteiger partial charge in [0.05, 0.1) is 44.1 Å². The Morgan fingerprint density at radius 3 is 2.38 bits per heavy atom. The minimum Gasteiger partial charge on any atom is -0.490 e. The number of nitro benzene ring substituents is 1. The highest BCUT2D eigenvalue weighted by atomic mass is 16.6. The number of nitrogens with zero attached hydrogens (tertiary/aromatic N) is 2. The molecule has 1 aliphatic heterocycles. The largest absolute Gasteiger partial charge is 0.490 e. The summed E-state index contributed by atoms with van der Waals surface area (Å²) in [5.41, 5.74) is 0.595. The van der Waals surface area contributed by atoms with Crippen molar-refractivity contribution in [1.29, 1.82) is 0 Å². The first-order chi connectivity index (χ1) is 12.3. The van der Waals surface area contributed by atoms with Gasteiger partial charge in [-0.25, -0.2) is 9.59 Å². The number of carbonyl (C=O) groups is 2. The van der Waals surface area contributed by atoms with E-state index in [4.69, 9.17) is 18.9 Å². The maximum Gasteiger partial charge on any atom is 0.355 e. The molecule has 0 spiro atoms. The quantitative estimate of drug-likeness (QED) is 0.432. The minimum absolute atomic E-state index is 0.00464. The van der Waals surface area contributed by atoms with E-state index in [-0.39, 0.29) is 36.0 Å². The molecule has 0 unspecified atom stereocenters. The third-order valence-electron chi connectivity index (χ3n) is 3.82. The van der Waals surface area contributed by atoms with Crippen LogP contribution in [0.3, 0.4) is 0 Å². The number of esters is 2. The predicted octanol–water partition coefficient (Wildman–Crippen LogP) is 1.31. The molecule has 1 aliphatic rings. The molecule has 0 bridgehead atoms. The van der Waals surface area contributed by atoms with Crippen molar-refractivity contribution in [2.75, 3.05) is 39.6 Å². The molecule has 140 valence electrons. The van der Waals surface area contributed by atoms with Gasteiger partial charge in [-0.3, -0.25) is 10.1 Å². The van der Waals surface area contributed by atoms with Crippen LogP contribution in [0.5, 0.6) is 5.75 Å². The van der Waals surface area contributed by atoms with E-state index < -0.39 is 16.9 Å². The lowest BCUT2D eigenvalue weighted by Gasteiger charge is -2.32. The fourth-order valence-electron chi connectivity index (χ4n) is 2.59. The van der Waals surface area contributed by atoms with Crippen molar-refractivity contribution < 1.29 is 33.5 Å². The minimum atomic E-state index is -0.759. The van der Waals surface area contributed by atoms with Crippen LogP contribution in [0.4, 0.5) is 11.4 Å². The average Bonchev–Trinajstić information content (AvgIpc) is 2.65. The van der Waals surface area contributed by atoms with Gasteiger partial charge in [0, 0.05) is 12.1 Å². The first kappa shape index (κ1) is 19.2. The number of ether oxygens (including phenoxy) is 4. The topological polar surface area (TPSA) is 117 Å². The van der Waals surface area contributed by atoms with Gasteiger partial charge in [-0.2, -0.15) is 0 Å². The smallest absolute Gasteiger partial charge is 0.355 e. The Kier molecular flexibility index (Phi) is 5.78. The van der Waals surface area contributed by atoms with Crippen LogP contribution in [0, 0.1) is 17.0 Å². The van der Waals surface area contributed by atoms with Crippen molar-refractivity contribution in [3.8, 4) is 5.75 Å². The second kappa shape index (κ2) is 7.83. The first-order valence-corrected chi connectivity index (χ1v) is 7.43. The highest BCUT2D eigenvalue weighted by Gasteiger charge is 2.34. The molecule has 10 heteroatoms. The summed E-state index contributed by atoms with van der Waals surface area (Å²) in [6.07, 6.45) is 0. The van der Waals surface area contributed by atoms with Crippen LogP contribution in [0.25, 0.3) is 0 Å². The summed E-state index contributed by atoms with van der Waals surface area (Å²) in [4.78, 5) is 36.3. The van der Waals surface area contributed by atoms with Gasteiger partial charge in [0.15, 0.2) is 5.75 Å². The lowest BCUT2D eigenvalue weighted by atomic mass is 10.1. The summed E-state index contributed by atoms with van der Waals surface area (Å²) >= 11 is 0. The third kappa shape index (κ3) is 3.45. The zero-order valence-electron chi connectivity index (χ0n) is 14.7. The van der Waals surface area contributed by atoms with Gasteiger partial charge in [-0.1, -0.05) is 0 Å². The van der Waals surface area contributed by atoms with Gasteiger partial charge in [-0.05, 0) is 12.5 Å². The molecule has 2 rings (SSSR count). The number of carbonyl (C=O) groups excluding carboxylic acids is 2. The standard InChI is InChI=1S/C16H18N2O8/c1-9-5-12(18(21)22)13(23-2)6-11(9)17-8-26-7-10(15(19)24-3)14(17)16(20)25-4/h5-6H,7-8H2,1-4H3. The van der Waals surface area contributed by atoms with Crippen molar-refractivity contribution in [2.45, 2.75) is 6.92 Å². The van der Waals surface area contributed by atoms with Gasteiger partial charge in [0.25, 0.3) is 0 Å². The monoisotopic (exact) mass is 366 g/mol. The molecule has 1 aromatic rings. The van der Waals surface area contributed by atoms with E-state index in [1.165, 1.54) is 38.4 Å². The molecule has 10 nitrogen and oxygen atoms in total. The Morgan fingerprint density at radius 1 is 1.19 bits per heavy atom. The van der Waals surface area contributed by atoms with E-state index in [0.29, 0.717) is 11.3 Å². The summed E-state index contributed by atoms with van der Waals surface area (Å²) in [6, 6.07) is 2.72.